The van der Waals surface area contributed by atoms with Crippen molar-refractivity contribution in [3.8, 4) is 46.0 Å². The zero-order valence-corrected chi connectivity index (χ0v) is 62.4. The molecule has 14 bridgehead atoms. The Morgan fingerprint density at radius 3 is 0.375 bits per heavy atom. The number of phenols is 6. The second-order valence-electron chi connectivity index (χ2n) is 36.7. The third kappa shape index (κ3) is 14.8. The lowest BCUT2D eigenvalue weighted by atomic mass is 9.79. The molecule has 2 heterocycles. The molecular formula is C88H110O8. The summed E-state index contributed by atoms with van der Waals surface area (Å²) < 4.78 is 0. The van der Waals surface area contributed by atoms with E-state index in [2.05, 4.69) is 263 Å². The van der Waals surface area contributed by atoms with E-state index in [1.807, 2.05) is 0 Å². The van der Waals surface area contributed by atoms with E-state index in [4.69, 9.17) is 9.78 Å². The maximum atomic E-state index is 13.2. The number of fused-ring (bicyclic) bond motifs is 13. The molecule has 8 aromatic rings. The number of hydrogen-bond acceptors (Lipinski definition) is 8. The predicted octanol–water partition coefficient (Wildman–Crippen LogP) is 21.0. The number of benzene rings is 8. The molecule has 10 rings (SSSR count). The van der Waals surface area contributed by atoms with Gasteiger partial charge < -0.3 is 30.6 Å². The van der Waals surface area contributed by atoms with Crippen molar-refractivity contribution in [3.63, 3.8) is 0 Å². The van der Waals surface area contributed by atoms with Crippen LogP contribution in [0.2, 0.25) is 0 Å². The molecule has 0 spiro atoms. The molecule has 0 aromatic heterocycles. The van der Waals surface area contributed by atoms with Gasteiger partial charge in [0.25, 0.3) is 0 Å². The summed E-state index contributed by atoms with van der Waals surface area (Å²) in [6.45, 7) is 52.3. The van der Waals surface area contributed by atoms with Crippen LogP contribution in [0.25, 0.3) is 0 Å². The average molecular weight is 1300 g/mol. The minimum absolute atomic E-state index is 0.101. The van der Waals surface area contributed by atoms with Crippen molar-refractivity contribution in [1.29, 1.82) is 0 Å². The highest BCUT2D eigenvalue weighted by molar-refractivity contribution is 5.63. The van der Waals surface area contributed by atoms with E-state index in [0.717, 1.165) is 66.8 Å². The Labute approximate surface area is 574 Å². The number of phenolic OH excluding ortho intramolecular Hbond substituents is 6. The Hall–Kier alpha value is -7.84. The summed E-state index contributed by atoms with van der Waals surface area (Å²) >= 11 is 0. The minimum atomic E-state index is -0.388. The zero-order chi connectivity index (χ0) is 70.9. The monoisotopic (exact) mass is 1290 g/mol. The highest BCUT2D eigenvalue weighted by Crippen LogP contribution is 2.48. The lowest BCUT2D eigenvalue weighted by molar-refractivity contribution is -0.103. The first-order valence-electron chi connectivity index (χ1n) is 34.8. The van der Waals surface area contributed by atoms with E-state index >= 15 is 0 Å². The molecule has 8 nitrogen and oxygen atoms in total. The highest BCUT2D eigenvalue weighted by atomic mass is 17.2. The van der Waals surface area contributed by atoms with E-state index in [1.54, 1.807) is 0 Å². The van der Waals surface area contributed by atoms with Crippen LogP contribution >= 0.6 is 0 Å². The van der Waals surface area contributed by atoms with Crippen LogP contribution in [-0.2, 0) is 94.7 Å². The van der Waals surface area contributed by atoms with Crippen molar-refractivity contribution in [1.82, 2.24) is 0 Å². The zero-order valence-electron chi connectivity index (χ0n) is 62.4. The fraction of sp³-hybridized carbons (Fsp3) is 0.455. The first-order valence-corrected chi connectivity index (χ1v) is 34.8. The highest BCUT2D eigenvalue weighted by Gasteiger charge is 2.33. The van der Waals surface area contributed by atoms with Crippen LogP contribution < -0.4 is 9.78 Å². The van der Waals surface area contributed by atoms with Gasteiger partial charge in [-0.25, -0.2) is 0 Å². The molecule has 0 radical (unpaired) electrons. The lowest BCUT2D eigenvalue weighted by Crippen LogP contribution is -2.18. The molecule has 510 valence electrons. The summed E-state index contributed by atoms with van der Waals surface area (Å²) in [4.78, 5) is 14.6. The fourth-order valence-corrected chi connectivity index (χ4v) is 13.6. The fourth-order valence-electron chi connectivity index (χ4n) is 13.6. The van der Waals surface area contributed by atoms with Gasteiger partial charge in [0, 0.05) is 73.6 Å². The van der Waals surface area contributed by atoms with Crippen molar-refractivity contribution < 1.29 is 40.4 Å². The molecule has 2 aliphatic rings. The standard InChI is InChI=1S/C88H110O8/c1-81(2,3)65-33-49-25-50-34-66(82(4,5)6)36-52(74(50)90)27-54-38-68(84(10,11)12)42-58(76(54)92)30-62-46-72(88(22,23)24)48-64-32-60-44-70(86(16,17)18)40-56(78(60)94)28-55-39-69(85(13,14)15)43-59(77(55)93)31-63-47-71(87(19,20)21)45-61(79(63)95-96-80(62)64)29-57-41-67(83(7,8)9)37-53(75(57)91)26-51(35-65)73(49)89/h33-48,89-94H,25-32H2,1-24H3. The van der Waals surface area contributed by atoms with Crippen LogP contribution in [0.3, 0.4) is 0 Å². The quantitative estimate of drug-likeness (QED) is 0.0825. The molecule has 8 aromatic carbocycles. The first kappa shape index (κ1) is 70.9. The summed E-state index contributed by atoms with van der Waals surface area (Å²) in [7, 11) is 0. The second kappa shape index (κ2) is 24.6. The largest absolute Gasteiger partial charge is 0.507 e. The third-order valence-electron chi connectivity index (χ3n) is 20.3. The molecule has 0 atom stereocenters. The average Bonchev–Trinajstić information content (AvgIpc) is 1.02. The van der Waals surface area contributed by atoms with E-state index < -0.39 is 0 Å². The van der Waals surface area contributed by atoms with Gasteiger partial charge in [-0.05, 0) is 155 Å². The molecule has 0 aliphatic carbocycles. The number of hydrogen-bond donors (Lipinski definition) is 6. The maximum absolute atomic E-state index is 13.2. The lowest BCUT2D eigenvalue weighted by Gasteiger charge is -2.27. The maximum Gasteiger partial charge on any atom is 0.185 e. The molecule has 0 fully saturated rings. The van der Waals surface area contributed by atoms with Gasteiger partial charge in [-0.1, -0.05) is 263 Å². The molecule has 0 unspecified atom stereocenters. The minimum Gasteiger partial charge on any atom is -0.507 e. The normalized spacial score (nSPS) is 14.5. The van der Waals surface area contributed by atoms with Crippen LogP contribution in [0.5, 0.6) is 46.0 Å². The summed E-state index contributed by atoms with van der Waals surface area (Å²) in [5.74, 6) is 1.56. The Kier molecular flexibility index (Phi) is 18.2. The molecular weight excluding hydrogens is 1180 g/mol. The van der Waals surface area contributed by atoms with Gasteiger partial charge in [0.2, 0.25) is 0 Å². The molecule has 6 N–H and O–H groups in total. The third-order valence-corrected chi connectivity index (χ3v) is 20.3. The molecule has 96 heavy (non-hydrogen) atoms. The van der Waals surface area contributed by atoms with E-state index in [-0.39, 0.29) is 129 Å². The van der Waals surface area contributed by atoms with Gasteiger partial charge in [0.1, 0.15) is 34.5 Å². The van der Waals surface area contributed by atoms with Crippen molar-refractivity contribution in [2.45, 2.75) is 261 Å². The van der Waals surface area contributed by atoms with Gasteiger partial charge >= 0.3 is 0 Å². The molecule has 8 heteroatoms. The Morgan fingerprint density at radius 2 is 0.271 bits per heavy atom. The number of rotatable bonds is 0. The van der Waals surface area contributed by atoms with Crippen LogP contribution in [0.1, 0.15) is 300 Å². The van der Waals surface area contributed by atoms with Crippen molar-refractivity contribution in [2.75, 3.05) is 0 Å². The van der Waals surface area contributed by atoms with Gasteiger partial charge in [0.05, 0.1) is 0 Å². The summed E-state index contributed by atoms with van der Waals surface area (Å²) in [6.07, 6.45) is 1.76. The van der Waals surface area contributed by atoms with Gasteiger partial charge in [-0.3, -0.25) is 9.78 Å². The Morgan fingerprint density at radius 1 is 0.177 bits per heavy atom. The van der Waals surface area contributed by atoms with Crippen LogP contribution in [0, 0.1) is 0 Å². The molecule has 0 saturated carbocycles. The van der Waals surface area contributed by atoms with Crippen LogP contribution in [0.4, 0.5) is 0 Å². The van der Waals surface area contributed by atoms with Crippen molar-refractivity contribution in [2.24, 2.45) is 0 Å². The van der Waals surface area contributed by atoms with Gasteiger partial charge in [-0.15, -0.1) is 0 Å². The predicted molar refractivity (Wildman–Crippen MR) is 395 cm³/mol. The van der Waals surface area contributed by atoms with Gasteiger partial charge in [0.15, 0.2) is 11.5 Å². The van der Waals surface area contributed by atoms with E-state index in [9.17, 15) is 30.6 Å². The summed E-state index contributed by atoms with van der Waals surface area (Å²) in [5.41, 5.74) is 16.3. The van der Waals surface area contributed by atoms with Crippen LogP contribution in [-0.4, -0.2) is 30.6 Å². The van der Waals surface area contributed by atoms with Crippen molar-refractivity contribution >= 4 is 0 Å². The SMILES string of the molecule is CC(C)(C)c1cc2c(O)c(c1)Cc1cc(C(C)(C)C)cc(c1O)Cc1cc(C(C)(C)C)cc3c1OOc1c(cc(C(C)(C)C)cc1Cc1cc(C(C)(C)C)cc(c1O)Cc1cc(C(C)(C)C)cc(c1O)C3)Cc1cc(C(C)(C)C)cc(c1O)Cc1cc(C(C)(C)C)cc(c1O)C2. The summed E-state index contributed by atoms with van der Waals surface area (Å²) in [5, 5.41) is 78.0. The van der Waals surface area contributed by atoms with Gasteiger partial charge in [-0.2, -0.15) is 0 Å². The smallest absolute Gasteiger partial charge is 0.185 e. The Balaban J connectivity index is 1.37. The topological polar surface area (TPSA) is 140 Å². The molecule has 0 amide bonds. The van der Waals surface area contributed by atoms with E-state index in [1.165, 1.54) is 0 Å². The van der Waals surface area contributed by atoms with E-state index in [0.29, 0.717) is 78.3 Å². The Bertz CT molecular complexity index is 4080. The second-order valence-corrected chi connectivity index (χ2v) is 36.7. The summed E-state index contributed by atoms with van der Waals surface area (Å²) in [6, 6.07) is 33.8. The number of aromatic hydroxyl groups is 6. The van der Waals surface area contributed by atoms with Crippen molar-refractivity contribution in [3.05, 3.63) is 231 Å². The molecule has 0 saturated heterocycles. The first-order chi connectivity index (χ1) is 44.0. The molecule has 2 aliphatic heterocycles. The van der Waals surface area contributed by atoms with Crippen LogP contribution in [0.15, 0.2) is 97.1 Å².